The van der Waals surface area contributed by atoms with E-state index in [-0.39, 0.29) is 18.1 Å². The molecule has 0 atom stereocenters. The van der Waals surface area contributed by atoms with Gasteiger partial charge in [-0.05, 0) is 17.7 Å². The number of benzene rings is 1. The van der Waals surface area contributed by atoms with Crippen LogP contribution in [-0.2, 0) is 11.3 Å². The van der Waals surface area contributed by atoms with Crippen molar-refractivity contribution in [1.82, 2.24) is 15.1 Å². The van der Waals surface area contributed by atoms with E-state index in [4.69, 9.17) is 0 Å². The Morgan fingerprint density at radius 1 is 1.37 bits per heavy atom. The molecule has 0 aliphatic carbocycles. The summed E-state index contributed by atoms with van der Waals surface area (Å²) in [6.07, 6.45) is 3.33. The fourth-order valence-electron chi connectivity index (χ4n) is 1.60. The molecule has 2 aromatic rings. The molecule has 98 valence electrons. The molecule has 0 saturated carbocycles. The lowest BCUT2D eigenvalue weighted by atomic mass is 10.1. The third-order valence-corrected chi connectivity index (χ3v) is 2.63. The molecule has 0 unspecified atom stereocenters. The monoisotopic (exact) mass is 260 g/mol. The topological polar surface area (TPSA) is 90.1 Å². The first-order chi connectivity index (χ1) is 9.10. The molecule has 1 aromatic heterocycles. The van der Waals surface area contributed by atoms with E-state index in [1.54, 1.807) is 31.6 Å². The van der Waals surface area contributed by atoms with Crippen molar-refractivity contribution in [3.05, 3.63) is 46.8 Å². The van der Waals surface area contributed by atoms with Crippen molar-refractivity contribution in [3.8, 4) is 11.1 Å². The van der Waals surface area contributed by atoms with Gasteiger partial charge in [-0.25, -0.2) is 0 Å². The van der Waals surface area contributed by atoms with Crippen LogP contribution in [0.3, 0.4) is 0 Å². The van der Waals surface area contributed by atoms with Crippen molar-refractivity contribution in [2.24, 2.45) is 0 Å². The lowest BCUT2D eigenvalue weighted by Gasteiger charge is -1.99. The maximum Gasteiger partial charge on any atom is 0.269 e. The molecule has 1 heterocycles. The zero-order valence-corrected chi connectivity index (χ0v) is 10.2. The minimum atomic E-state index is -0.446. The van der Waals surface area contributed by atoms with Crippen LogP contribution in [0.2, 0.25) is 0 Å². The van der Waals surface area contributed by atoms with E-state index in [0.717, 1.165) is 11.1 Å². The van der Waals surface area contributed by atoms with Crippen LogP contribution in [0.4, 0.5) is 5.69 Å². The van der Waals surface area contributed by atoms with Gasteiger partial charge in [-0.1, -0.05) is 0 Å². The van der Waals surface area contributed by atoms with Crippen LogP contribution in [0.15, 0.2) is 36.7 Å². The van der Waals surface area contributed by atoms with Gasteiger partial charge in [0.25, 0.3) is 5.69 Å². The Labute approximate surface area is 109 Å². The molecule has 0 aliphatic rings. The van der Waals surface area contributed by atoms with Gasteiger partial charge in [0.2, 0.25) is 5.91 Å². The first kappa shape index (κ1) is 12.7. The van der Waals surface area contributed by atoms with Crippen LogP contribution in [0.5, 0.6) is 0 Å². The Morgan fingerprint density at radius 3 is 2.63 bits per heavy atom. The highest BCUT2D eigenvalue weighted by Crippen LogP contribution is 2.21. The summed E-state index contributed by atoms with van der Waals surface area (Å²) < 4.78 is 1.51. The Morgan fingerprint density at radius 2 is 2.05 bits per heavy atom. The minimum absolute atomic E-state index is 0.0431. The van der Waals surface area contributed by atoms with Crippen molar-refractivity contribution in [3.63, 3.8) is 0 Å². The lowest BCUT2D eigenvalue weighted by molar-refractivity contribution is -0.384. The first-order valence-electron chi connectivity index (χ1n) is 5.58. The molecule has 0 bridgehead atoms. The quantitative estimate of drug-likeness (QED) is 0.660. The summed E-state index contributed by atoms with van der Waals surface area (Å²) in [5.41, 5.74) is 1.66. The summed E-state index contributed by atoms with van der Waals surface area (Å²) in [6.45, 7) is 0.142. The number of aromatic nitrogens is 2. The summed E-state index contributed by atoms with van der Waals surface area (Å²) in [5.74, 6) is -0.140. The lowest BCUT2D eigenvalue weighted by Crippen LogP contribution is -2.23. The number of likely N-dealkylation sites (N-methyl/N-ethyl adjacent to an activating group) is 1. The van der Waals surface area contributed by atoms with Gasteiger partial charge in [0.05, 0.1) is 11.1 Å². The highest BCUT2D eigenvalue weighted by atomic mass is 16.6. The summed E-state index contributed by atoms with van der Waals surface area (Å²) in [5, 5.41) is 17.1. The average molecular weight is 260 g/mol. The van der Waals surface area contributed by atoms with Crippen LogP contribution in [-0.4, -0.2) is 27.7 Å². The van der Waals surface area contributed by atoms with Gasteiger partial charge in [-0.15, -0.1) is 0 Å². The largest absolute Gasteiger partial charge is 0.358 e. The highest BCUT2D eigenvalue weighted by Gasteiger charge is 2.07. The van der Waals surface area contributed by atoms with Gasteiger partial charge in [0.15, 0.2) is 0 Å². The Kier molecular flexibility index (Phi) is 3.56. The van der Waals surface area contributed by atoms with Crippen LogP contribution in [0.1, 0.15) is 0 Å². The van der Waals surface area contributed by atoms with Gasteiger partial charge in [-0.2, -0.15) is 5.10 Å². The molecular weight excluding hydrogens is 248 g/mol. The number of carbonyl (C=O) groups is 1. The smallest absolute Gasteiger partial charge is 0.269 e. The molecule has 0 saturated heterocycles. The van der Waals surface area contributed by atoms with Gasteiger partial charge in [0, 0.05) is 30.9 Å². The van der Waals surface area contributed by atoms with Crippen LogP contribution < -0.4 is 5.32 Å². The van der Waals surface area contributed by atoms with Crippen molar-refractivity contribution < 1.29 is 9.72 Å². The fraction of sp³-hybridized carbons (Fsp3) is 0.167. The van der Waals surface area contributed by atoms with Crippen LogP contribution in [0, 0.1) is 10.1 Å². The standard InChI is InChI=1S/C12H12N4O3/c1-13-12(17)8-15-7-10(6-14-15)9-2-4-11(5-3-9)16(18)19/h2-7H,8H2,1H3,(H,13,17). The molecule has 7 nitrogen and oxygen atoms in total. The SMILES string of the molecule is CNC(=O)Cn1cc(-c2ccc([N+](=O)[O-])cc2)cn1. The normalized spacial score (nSPS) is 10.2. The molecule has 0 spiro atoms. The molecule has 7 heteroatoms. The molecule has 0 aliphatic heterocycles. The van der Waals surface area contributed by atoms with Gasteiger partial charge < -0.3 is 5.32 Å². The van der Waals surface area contributed by atoms with E-state index in [0.29, 0.717) is 0 Å². The number of rotatable bonds is 4. The molecule has 19 heavy (non-hydrogen) atoms. The zero-order valence-electron chi connectivity index (χ0n) is 10.2. The first-order valence-corrected chi connectivity index (χ1v) is 5.58. The van der Waals surface area contributed by atoms with Crippen molar-refractivity contribution in [2.75, 3.05) is 7.05 Å². The molecule has 1 aromatic carbocycles. The van der Waals surface area contributed by atoms with Gasteiger partial charge in [0.1, 0.15) is 6.54 Å². The number of carbonyl (C=O) groups excluding carboxylic acids is 1. The summed E-state index contributed by atoms with van der Waals surface area (Å²) in [7, 11) is 1.56. The van der Waals surface area contributed by atoms with Crippen molar-refractivity contribution in [2.45, 2.75) is 6.54 Å². The van der Waals surface area contributed by atoms with E-state index < -0.39 is 4.92 Å². The molecular formula is C12H12N4O3. The fourth-order valence-corrected chi connectivity index (χ4v) is 1.60. The Hall–Kier alpha value is -2.70. The van der Waals surface area contributed by atoms with Crippen LogP contribution >= 0.6 is 0 Å². The maximum atomic E-state index is 11.2. The van der Waals surface area contributed by atoms with E-state index in [1.165, 1.54) is 16.8 Å². The minimum Gasteiger partial charge on any atom is -0.358 e. The zero-order chi connectivity index (χ0) is 13.8. The molecule has 0 radical (unpaired) electrons. The van der Waals surface area contributed by atoms with E-state index in [1.807, 2.05) is 0 Å². The third-order valence-electron chi connectivity index (χ3n) is 2.63. The van der Waals surface area contributed by atoms with E-state index >= 15 is 0 Å². The van der Waals surface area contributed by atoms with Gasteiger partial charge >= 0.3 is 0 Å². The second kappa shape index (κ2) is 5.30. The third kappa shape index (κ3) is 2.95. The molecule has 1 amide bonds. The summed E-state index contributed by atoms with van der Waals surface area (Å²) >= 11 is 0. The Bertz CT molecular complexity index is 604. The number of nitrogens with one attached hydrogen (secondary N) is 1. The number of non-ortho nitro benzene ring substituents is 1. The summed E-state index contributed by atoms with van der Waals surface area (Å²) in [4.78, 5) is 21.3. The number of nitro groups is 1. The number of nitrogens with zero attached hydrogens (tertiary/aromatic N) is 3. The van der Waals surface area contributed by atoms with Crippen LogP contribution in [0.25, 0.3) is 11.1 Å². The Balaban J connectivity index is 2.18. The average Bonchev–Trinajstić information content (AvgIpc) is 2.87. The summed E-state index contributed by atoms with van der Waals surface area (Å²) in [6, 6.07) is 6.18. The maximum absolute atomic E-state index is 11.2. The van der Waals surface area contributed by atoms with E-state index in [2.05, 4.69) is 10.4 Å². The van der Waals surface area contributed by atoms with Crippen molar-refractivity contribution >= 4 is 11.6 Å². The molecule has 2 rings (SSSR count). The number of hydrogen-bond acceptors (Lipinski definition) is 4. The molecule has 1 N–H and O–H groups in total. The highest BCUT2D eigenvalue weighted by molar-refractivity contribution is 5.75. The van der Waals surface area contributed by atoms with Gasteiger partial charge in [-0.3, -0.25) is 19.6 Å². The second-order valence-corrected chi connectivity index (χ2v) is 3.90. The van der Waals surface area contributed by atoms with E-state index in [9.17, 15) is 14.9 Å². The number of hydrogen-bond donors (Lipinski definition) is 1. The number of amides is 1. The predicted molar refractivity (Wildman–Crippen MR) is 68.4 cm³/mol. The number of nitro benzene ring substituents is 1. The molecule has 0 fully saturated rings. The second-order valence-electron chi connectivity index (χ2n) is 3.90. The van der Waals surface area contributed by atoms with Crippen molar-refractivity contribution in [1.29, 1.82) is 0 Å². The predicted octanol–water partition coefficient (Wildman–Crippen LogP) is 1.20.